The number of rotatable bonds is 10. The third-order valence-electron chi connectivity index (χ3n) is 5.60. The van der Waals surface area contributed by atoms with Crippen LogP contribution in [-0.4, -0.2) is 34.2 Å². The lowest BCUT2D eigenvalue weighted by Crippen LogP contribution is -2.23. The normalized spacial score (nSPS) is 10.9. The molecule has 0 saturated carbocycles. The molecular weight excluding hydrogens is 418 g/mol. The highest BCUT2D eigenvalue weighted by Gasteiger charge is 2.15. The number of amides is 1. The van der Waals surface area contributed by atoms with Crippen molar-refractivity contribution in [3.05, 3.63) is 52.5 Å². The molecule has 0 unspecified atom stereocenters. The van der Waals surface area contributed by atoms with Crippen LogP contribution in [0.25, 0.3) is 5.65 Å². The van der Waals surface area contributed by atoms with Gasteiger partial charge in [-0.2, -0.15) is 10.4 Å². The van der Waals surface area contributed by atoms with Crippen molar-refractivity contribution in [2.24, 2.45) is 5.92 Å². The van der Waals surface area contributed by atoms with Crippen LogP contribution in [0.3, 0.4) is 0 Å². The molecule has 1 aromatic carbocycles. The highest BCUT2D eigenvalue weighted by molar-refractivity contribution is 5.76. The molecule has 33 heavy (non-hydrogen) atoms. The fourth-order valence-corrected chi connectivity index (χ4v) is 3.63. The number of hydrogen-bond acceptors (Lipinski definition) is 6. The number of nitriles is 1. The number of nitrogens with zero attached hydrogens (tertiary/aromatic N) is 4. The Kier molecular flexibility index (Phi) is 7.88. The minimum atomic E-state index is -0.0525. The van der Waals surface area contributed by atoms with Crippen molar-refractivity contribution in [2.45, 2.75) is 53.5 Å². The lowest BCUT2D eigenvalue weighted by molar-refractivity contribution is -0.121. The molecule has 174 valence electrons. The van der Waals surface area contributed by atoms with Crippen molar-refractivity contribution < 1.29 is 14.3 Å². The maximum Gasteiger partial charge on any atom is 0.220 e. The smallest absolute Gasteiger partial charge is 0.220 e. The van der Waals surface area contributed by atoms with Crippen LogP contribution in [0.5, 0.6) is 11.5 Å². The third kappa shape index (κ3) is 5.80. The number of aromatic nitrogens is 3. The molecular formula is C25H31N5O3. The number of carbonyl (C=O) groups is 1. The molecule has 1 N–H and O–H groups in total. The summed E-state index contributed by atoms with van der Waals surface area (Å²) < 4.78 is 12.9. The molecule has 0 aliphatic heterocycles. The molecule has 0 aliphatic rings. The second-order valence-electron chi connectivity index (χ2n) is 8.46. The number of fused-ring (bicyclic) bond motifs is 1. The Morgan fingerprint density at radius 1 is 1.27 bits per heavy atom. The van der Waals surface area contributed by atoms with Gasteiger partial charge in [0.25, 0.3) is 0 Å². The van der Waals surface area contributed by atoms with Gasteiger partial charge in [-0.25, -0.2) is 9.50 Å². The van der Waals surface area contributed by atoms with Crippen LogP contribution < -0.4 is 14.8 Å². The number of hydrogen-bond donors (Lipinski definition) is 1. The fourth-order valence-electron chi connectivity index (χ4n) is 3.63. The first kappa shape index (κ1) is 24.1. The first-order valence-electron chi connectivity index (χ1n) is 11.1. The van der Waals surface area contributed by atoms with Gasteiger partial charge in [0, 0.05) is 24.4 Å². The van der Waals surface area contributed by atoms with Gasteiger partial charge < -0.3 is 14.8 Å². The Morgan fingerprint density at radius 2 is 2.06 bits per heavy atom. The monoisotopic (exact) mass is 449 g/mol. The van der Waals surface area contributed by atoms with Crippen LogP contribution in [0.4, 0.5) is 0 Å². The maximum absolute atomic E-state index is 12.5. The van der Waals surface area contributed by atoms with Gasteiger partial charge in [0.05, 0.1) is 19.9 Å². The minimum Gasteiger partial charge on any atom is -0.493 e. The topological polar surface area (TPSA) is 102 Å². The molecule has 0 atom stereocenters. The van der Waals surface area contributed by atoms with Gasteiger partial charge in [0.2, 0.25) is 5.91 Å². The predicted molar refractivity (Wildman–Crippen MR) is 125 cm³/mol. The van der Waals surface area contributed by atoms with Crippen molar-refractivity contribution >= 4 is 11.6 Å². The van der Waals surface area contributed by atoms with E-state index >= 15 is 0 Å². The Labute approximate surface area is 194 Å². The molecule has 2 heterocycles. The molecule has 1 amide bonds. The maximum atomic E-state index is 12.5. The van der Waals surface area contributed by atoms with E-state index in [2.05, 4.69) is 35.3 Å². The van der Waals surface area contributed by atoms with Crippen molar-refractivity contribution in [1.82, 2.24) is 19.9 Å². The molecule has 8 nitrogen and oxygen atoms in total. The van der Waals surface area contributed by atoms with Crippen LogP contribution in [0.15, 0.2) is 24.4 Å². The number of nitrogens with one attached hydrogen (secondary N) is 1. The summed E-state index contributed by atoms with van der Waals surface area (Å²) in [5.74, 6) is 1.89. The zero-order valence-corrected chi connectivity index (χ0v) is 19.9. The van der Waals surface area contributed by atoms with E-state index in [0.717, 1.165) is 28.9 Å². The lowest BCUT2D eigenvalue weighted by atomic mass is 10.1. The van der Waals surface area contributed by atoms with E-state index in [9.17, 15) is 10.1 Å². The number of carbonyl (C=O) groups excluding carboxylic acids is 1. The van der Waals surface area contributed by atoms with Crippen molar-refractivity contribution in [3.8, 4) is 17.6 Å². The Morgan fingerprint density at radius 3 is 2.76 bits per heavy atom. The van der Waals surface area contributed by atoms with Crippen LogP contribution >= 0.6 is 0 Å². The standard InChI is InChI=1S/C25H31N5O3/c1-16(2)10-11-33-22-8-6-19(12-23(22)32-5)14-27-24(31)9-7-21-17(3)29-25-20(13-26)15-28-30(25)18(21)4/h6,8,12,15-16H,7,9-11,14H2,1-5H3,(H,27,31). The van der Waals surface area contributed by atoms with Gasteiger partial charge in [-0.1, -0.05) is 19.9 Å². The number of aryl methyl sites for hydroxylation is 2. The van der Waals surface area contributed by atoms with Gasteiger partial charge in [0.15, 0.2) is 17.1 Å². The zero-order valence-electron chi connectivity index (χ0n) is 19.9. The molecule has 0 aliphatic carbocycles. The molecule has 3 rings (SSSR count). The van der Waals surface area contributed by atoms with E-state index in [4.69, 9.17) is 9.47 Å². The van der Waals surface area contributed by atoms with Gasteiger partial charge in [-0.05, 0) is 55.9 Å². The minimum absolute atomic E-state index is 0.0525. The van der Waals surface area contributed by atoms with E-state index in [0.29, 0.717) is 54.6 Å². The number of benzene rings is 1. The van der Waals surface area contributed by atoms with E-state index in [1.54, 1.807) is 11.6 Å². The largest absolute Gasteiger partial charge is 0.493 e. The Hall–Kier alpha value is -3.60. The molecule has 3 aromatic rings. The fraction of sp³-hybridized carbons (Fsp3) is 0.440. The number of ether oxygens (including phenoxy) is 2. The van der Waals surface area contributed by atoms with Crippen molar-refractivity contribution in [3.63, 3.8) is 0 Å². The first-order valence-corrected chi connectivity index (χ1v) is 11.1. The summed E-state index contributed by atoms with van der Waals surface area (Å²) >= 11 is 0. The third-order valence-corrected chi connectivity index (χ3v) is 5.60. The van der Waals surface area contributed by atoms with Gasteiger partial charge in [-0.15, -0.1) is 0 Å². The average Bonchev–Trinajstić information content (AvgIpc) is 3.20. The van der Waals surface area contributed by atoms with Crippen LogP contribution in [0, 0.1) is 31.1 Å². The molecule has 2 aromatic heterocycles. The predicted octanol–water partition coefficient (Wildman–Crippen LogP) is 3.90. The first-order chi connectivity index (χ1) is 15.8. The Balaban J connectivity index is 1.58. The summed E-state index contributed by atoms with van der Waals surface area (Å²) in [7, 11) is 1.61. The van der Waals surface area contributed by atoms with Crippen LogP contribution in [-0.2, 0) is 17.8 Å². The van der Waals surface area contributed by atoms with E-state index in [1.807, 2.05) is 32.0 Å². The second-order valence-corrected chi connectivity index (χ2v) is 8.46. The Bertz CT molecular complexity index is 1180. The molecule has 0 saturated heterocycles. The zero-order chi connectivity index (χ0) is 24.0. The van der Waals surface area contributed by atoms with Crippen molar-refractivity contribution in [2.75, 3.05) is 13.7 Å². The summed E-state index contributed by atoms with van der Waals surface area (Å²) in [5.41, 5.74) is 4.60. The van der Waals surface area contributed by atoms with E-state index in [-0.39, 0.29) is 5.91 Å². The summed E-state index contributed by atoms with van der Waals surface area (Å²) in [4.78, 5) is 17.0. The quantitative estimate of drug-likeness (QED) is 0.504. The summed E-state index contributed by atoms with van der Waals surface area (Å²) in [6, 6.07) is 7.81. The van der Waals surface area contributed by atoms with Gasteiger partial charge >= 0.3 is 0 Å². The number of methoxy groups -OCH3 is 1. The lowest BCUT2D eigenvalue weighted by Gasteiger charge is -2.14. The molecule has 0 fully saturated rings. The van der Waals surface area contributed by atoms with Gasteiger partial charge in [0.1, 0.15) is 11.6 Å². The second kappa shape index (κ2) is 10.8. The van der Waals surface area contributed by atoms with Crippen LogP contribution in [0.2, 0.25) is 0 Å². The average molecular weight is 450 g/mol. The molecule has 0 radical (unpaired) electrons. The summed E-state index contributed by atoms with van der Waals surface area (Å²) in [6.45, 7) is 9.18. The molecule has 0 bridgehead atoms. The summed E-state index contributed by atoms with van der Waals surface area (Å²) in [5, 5.41) is 16.4. The van der Waals surface area contributed by atoms with Gasteiger partial charge in [-0.3, -0.25) is 4.79 Å². The van der Waals surface area contributed by atoms with Crippen molar-refractivity contribution in [1.29, 1.82) is 5.26 Å². The SMILES string of the molecule is COc1cc(CNC(=O)CCc2c(C)nc3c(C#N)cnn3c2C)ccc1OCCC(C)C. The van der Waals surface area contributed by atoms with E-state index in [1.165, 1.54) is 6.20 Å². The van der Waals surface area contributed by atoms with E-state index < -0.39 is 0 Å². The highest BCUT2D eigenvalue weighted by Crippen LogP contribution is 2.28. The van der Waals surface area contributed by atoms with Crippen LogP contribution in [0.1, 0.15) is 54.8 Å². The molecule has 8 heteroatoms. The summed E-state index contributed by atoms with van der Waals surface area (Å²) in [6.07, 6.45) is 3.36. The molecule has 0 spiro atoms. The highest BCUT2D eigenvalue weighted by atomic mass is 16.5.